The zero-order valence-electron chi connectivity index (χ0n) is 11.9. The standard InChI is InChI=1S/C16H13FN4O2/c17-10-1-6-13-9(7-10)8-14(21-13)15(22)19-11-2-4-12(5-3-11)20-16(18)23/h1-8,21H,(H,19,22)(H3,18,20,23). The van der Waals surface area contributed by atoms with Gasteiger partial charge >= 0.3 is 6.03 Å². The van der Waals surface area contributed by atoms with Gasteiger partial charge < -0.3 is 21.4 Å². The molecular formula is C16H13FN4O2. The summed E-state index contributed by atoms with van der Waals surface area (Å²) in [5.74, 6) is -0.710. The number of carbonyl (C=O) groups excluding carboxylic acids is 2. The second kappa shape index (κ2) is 5.80. The number of hydrogen-bond acceptors (Lipinski definition) is 2. The lowest BCUT2D eigenvalue weighted by Crippen LogP contribution is -2.19. The van der Waals surface area contributed by atoms with Gasteiger partial charge in [-0.15, -0.1) is 0 Å². The van der Waals surface area contributed by atoms with Crippen molar-refractivity contribution in [2.24, 2.45) is 5.73 Å². The third-order valence-corrected chi connectivity index (χ3v) is 3.24. The topological polar surface area (TPSA) is 100 Å². The molecule has 3 amide bonds. The Balaban J connectivity index is 1.76. The van der Waals surface area contributed by atoms with E-state index < -0.39 is 6.03 Å². The Bertz CT molecular complexity index is 887. The molecule has 0 saturated carbocycles. The molecule has 0 fully saturated rings. The first kappa shape index (κ1) is 14.6. The first-order valence-electron chi connectivity index (χ1n) is 6.77. The van der Waals surface area contributed by atoms with Crippen molar-refractivity contribution in [2.45, 2.75) is 0 Å². The van der Waals surface area contributed by atoms with Gasteiger partial charge in [0.1, 0.15) is 11.5 Å². The monoisotopic (exact) mass is 312 g/mol. The van der Waals surface area contributed by atoms with E-state index in [-0.39, 0.29) is 11.7 Å². The maximum atomic E-state index is 13.2. The average molecular weight is 312 g/mol. The lowest BCUT2D eigenvalue weighted by atomic mass is 10.2. The predicted octanol–water partition coefficient (Wildman–Crippen LogP) is 3.05. The van der Waals surface area contributed by atoms with Crippen molar-refractivity contribution in [1.29, 1.82) is 0 Å². The number of anilines is 2. The summed E-state index contributed by atoms with van der Waals surface area (Å²) in [5, 5.41) is 5.75. The van der Waals surface area contributed by atoms with Crippen LogP contribution in [0.15, 0.2) is 48.5 Å². The van der Waals surface area contributed by atoms with Gasteiger partial charge in [-0.25, -0.2) is 9.18 Å². The normalized spacial score (nSPS) is 10.5. The van der Waals surface area contributed by atoms with Crippen molar-refractivity contribution < 1.29 is 14.0 Å². The number of aromatic amines is 1. The number of hydrogen-bond donors (Lipinski definition) is 4. The minimum absolute atomic E-state index is 0.324. The summed E-state index contributed by atoms with van der Waals surface area (Å²) in [6.07, 6.45) is 0. The molecule has 2 aromatic carbocycles. The number of nitrogens with one attached hydrogen (secondary N) is 3. The fourth-order valence-electron chi connectivity index (χ4n) is 2.20. The van der Waals surface area contributed by atoms with Gasteiger partial charge in [-0.2, -0.15) is 0 Å². The van der Waals surface area contributed by atoms with Crippen molar-refractivity contribution in [1.82, 2.24) is 4.98 Å². The molecule has 3 rings (SSSR count). The van der Waals surface area contributed by atoms with Crippen LogP contribution in [0.25, 0.3) is 10.9 Å². The van der Waals surface area contributed by atoms with Crippen LogP contribution in [0.1, 0.15) is 10.5 Å². The summed E-state index contributed by atoms with van der Waals surface area (Å²) in [5.41, 5.74) is 7.09. The fraction of sp³-hybridized carbons (Fsp3) is 0. The smallest absolute Gasteiger partial charge is 0.316 e. The zero-order chi connectivity index (χ0) is 16.4. The largest absolute Gasteiger partial charge is 0.351 e. The summed E-state index contributed by atoms with van der Waals surface area (Å²) in [6, 6.07) is 11.7. The molecule has 0 saturated heterocycles. The molecule has 1 heterocycles. The molecule has 0 aliphatic rings. The summed E-state index contributed by atoms with van der Waals surface area (Å²) in [4.78, 5) is 25.9. The third-order valence-electron chi connectivity index (χ3n) is 3.24. The van der Waals surface area contributed by atoms with Crippen molar-refractivity contribution in [3.05, 3.63) is 60.0 Å². The van der Waals surface area contributed by atoms with E-state index in [2.05, 4.69) is 15.6 Å². The SMILES string of the molecule is NC(=O)Nc1ccc(NC(=O)c2cc3cc(F)ccc3[nH]2)cc1. The van der Waals surface area contributed by atoms with E-state index >= 15 is 0 Å². The average Bonchev–Trinajstić information content (AvgIpc) is 2.92. The number of rotatable bonds is 3. The van der Waals surface area contributed by atoms with Crippen LogP contribution in [0, 0.1) is 5.82 Å². The Morgan fingerprint density at radius 3 is 2.26 bits per heavy atom. The van der Waals surface area contributed by atoms with Crippen LogP contribution in [0.4, 0.5) is 20.6 Å². The Morgan fingerprint density at radius 1 is 0.957 bits per heavy atom. The Hall–Kier alpha value is -3.35. The van der Waals surface area contributed by atoms with E-state index in [1.54, 1.807) is 36.4 Å². The number of nitrogens with two attached hydrogens (primary N) is 1. The highest BCUT2D eigenvalue weighted by Crippen LogP contribution is 2.18. The fourth-order valence-corrected chi connectivity index (χ4v) is 2.20. The van der Waals surface area contributed by atoms with Gasteiger partial charge in [0.05, 0.1) is 0 Å². The predicted molar refractivity (Wildman–Crippen MR) is 85.9 cm³/mol. The van der Waals surface area contributed by atoms with Gasteiger partial charge in [0.15, 0.2) is 0 Å². The number of H-pyrrole nitrogens is 1. The number of urea groups is 1. The zero-order valence-corrected chi connectivity index (χ0v) is 11.9. The molecule has 0 aliphatic carbocycles. The Morgan fingerprint density at radius 2 is 1.61 bits per heavy atom. The van der Waals surface area contributed by atoms with Gasteiger partial charge in [0, 0.05) is 22.3 Å². The molecule has 0 radical (unpaired) electrons. The van der Waals surface area contributed by atoms with E-state index in [4.69, 9.17) is 5.73 Å². The number of halogens is 1. The molecule has 0 unspecified atom stereocenters. The maximum Gasteiger partial charge on any atom is 0.316 e. The molecule has 7 heteroatoms. The highest BCUT2D eigenvalue weighted by Gasteiger charge is 2.10. The van der Waals surface area contributed by atoms with Gasteiger partial charge in [-0.1, -0.05) is 0 Å². The second-order valence-corrected chi connectivity index (χ2v) is 4.94. The molecule has 23 heavy (non-hydrogen) atoms. The van der Waals surface area contributed by atoms with Crippen molar-refractivity contribution >= 4 is 34.2 Å². The lowest BCUT2D eigenvalue weighted by molar-refractivity contribution is 0.102. The molecule has 3 aromatic rings. The number of primary amides is 1. The third kappa shape index (κ3) is 3.29. The number of fused-ring (bicyclic) bond motifs is 1. The molecule has 5 N–H and O–H groups in total. The quantitative estimate of drug-likeness (QED) is 0.597. The molecule has 6 nitrogen and oxygen atoms in total. The first-order chi connectivity index (χ1) is 11.0. The lowest BCUT2D eigenvalue weighted by Gasteiger charge is -2.05. The number of benzene rings is 2. The van der Waals surface area contributed by atoms with Gasteiger partial charge in [0.2, 0.25) is 0 Å². The summed E-state index contributed by atoms with van der Waals surface area (Å²) in [7, 11) is 0. The maximum absolute atomic E-state index is 13.2. The van der Waals surface area contributed by atoms with Crippen LogP contribution >= 0.6 is 0 Å². The highest BCUT2D eigenvalue weighted by atomic mass is 19.1. The van der Waals surface area contributed by atoms with E-state index in [9.17, 15) is 14.0 Å². The van der Waals surface area contributed by atoms with Crippen LogP contribution < -0.4 is 16.4 Å². The number of carbonyl (C=O) groups is 2. The van der Waals surface area contributed by atoms with Crippen molar-refractivity contribution in [3.8, 4) is 0 Å². The van der Waals surface area contributed by atoms with Crippen molar-refractivity contribution in [2.75, 3.05) is 10.6 Å². The summed E-state index contributed by atoms with van der Waals surface area (Å²) < 4.78 is 13.2. The first-order valence-corrected chi connectivity index (χ1v) is 6.77. The minimum Gasteiger partial charge on any atom is -0.351 e. The van der Waals surface area contributed by atoms with Gasteiger partial charge in [-0.3, -0.25) is 4.79 Å². The Labute approximate surface area is 130 Å². The molecule has 116 valence electrons. The molecule has 0 spiro atoms. The minimum atomic E-state index is -0.660. The highest BCUT2D eigenvalue weighted by molar-refractivity contribution is 6.06. The van der Waals surface area contributed by atoms with Crippen LogP contribution in [0.2, 0.25) is 0 Å². The second-order valence-electron chi connectivity index (χ2n) is 4.94. The van der Waals surface area contributed by atoms with Crippen molar-refractivity contribution in [3.63, 3.8) is 0 Å². The molecule has 0 atom stereocenters. The number of aromatic nitrogens is 1. The molecule has 0 aliphatic heterocycles. The van der Waals surface area contributed by atoms with E-state index in [1.807, 2.05) is 0 Å². The van der Waals surface area contributed by atoms with Crippen LogP contribution in [0.3, 0.4) is 0 Å². The van der Waals surface area contributed by atoms with Crippen LogP contribution in [0.5, 0.6) is 0 Å². The van der Waals surface area contributed by atoms with Crippen LogP contribution in [-0.4, -0.2) is 16.9 Å². The Kier molecular flexibility index (Phi) is 3.68. The molecular weight excluding hydrogens is 299 g/mol. The summed E-state index contributed by atoms with van der Waals surface area (Å²) >= 11 is 0. The van der Waals surface area contributed by atoms with Gasteiger partial charge in [-0.05, 0) is 48.5 Å². The van der Waals surface area contributed by atoms with Gasteiger partial charge in [0.25, 0.3) is 5.91 Å². The van der Waals surface area contributed by atoms with E-state index in [0.29, 0.717) is 28.0 Å². The number of amides is 3. The van der Waals surface area contributed by atoms with Crippen LogP contribution in [-0.2, 0) is 0 Å². The molecule has 1 aromatic heterocycles. The van der Waals surface area contributed by atoms with E-state index in [0.717, 1.165) is 0 Å². The molecule has 0 bridgehead atoms. The van der Waals surface area contributed by atoms with E-state index in [1.165, 1.54) is 12.1 Å². The summed E-state index contributed by atoms with van der Waals surface area (Å²) in [6.45, 7) is 0.